The third kappa shape index (κ3) is 4.79. The summed E-state index contributed by atoms with van der Waals surface area (Å²) < 4.78 is 47.6. The Labute approximate surface area is 185 Å². The number of alkyl halides is 3. The van der Waals surface area contributed by atoms with Crippen LogP contribution >= 0.6 is 0 Å². The first kappa shape index (κ1) is 21.9. The maximum absolute atomic E-state index is 13.2. The predicted molar refractivity (Wildman–Crippen MR) is 111 cm³/mol. The number of carbonyl (C=O) groups excluding carboxylic acids is 1. The SMILES string of the molecule is CC(Cn1ccc(-c2ccc(C#N)c(C(F)(F)F)c2)n1)NC(=O)n1ccc(-c2ccco2)n1. The van der Waals surface area contributed by atoms with Gasteiger partial charge in [-0.1, -0.05) is 6.07 Å². The highest BCUT2D eigenvalue weighted by Crippen LogP contribution is 2.34. The molecule has 0 aliphatic carbocycles. The molecule has 0 radical (unpaired) electrons. The highest BCUT2D eigenvalue weighted by Gasteiger charge is 2.34. The molecule has 1 aromatic carbocycles. The highest BCUT2D eigenvalue weighted by atomic mass is 19.4. The van der Waals surface area contributed by atoms with Crippen LogP contribution in [0.15, 0.2) is 65.5 Å². The van der Waals surface area contributed by atoms with Crippen LogP contribution in [0.25, 0.3) is 22.7 Å². The Morgan fingerprint density at radius 3 is 2.67 bits per heavy atom. The van der Waals surface area contributed by atoms with Gasteiger partial charge in [0.05, 0.1) is 35.7 Å². The quantitative estimate of drug-likeness (QED) is 0.477. The van der Waals surface area contributed by atoms with Crippen LogP contribution in [0.1, 0.15) is 18.1 Å². The van der Waals surface area contributed by atoms with Crippen molar-refractivity contribution in [2.24, 2.45) is 0 Å². The fourth-order valence-electron chi connectivity index (χ4n) is 3.25. The molecule has 8 nitrogen and oxygen atoms in total. The number of halogens is 3. The second-order valence-corrected chi connectivity index (χ2v) is 7.27. The van der Waals surface area contributed by atoms with Crippen LogP contribution in [0, 0.1) is 11.3 Å². The number of carbonyl (C=O) groups is 1. The molecule has 1 N–H and O–H groups in total. The molecule has 0 fully saturated rings. The Balaban J connectivity index is 1.42. The summed E-state index contributed by atoms with van der Waals surface area (Å²) in [6, 6.07) is 10.9. The summed E-state index contributed by atoms with van der Waals surface area (Å²) in [5.74, 6) is 0.537. The van der Waals surface area contributed by atoms with Gasteiger partial charge in [-0.15, -0.1) is 0 Å². The van der Waals surface area contributed by atoms with Gasteiger partial charge >= 0.3 is 12.2 Å². The number of nitrogens with one attached hydrogen (secondary N) is 1. The topological polar surface area (TPSA) is 102 Å². The molecule has 168 valence electrons. The van der Waals surface area contributed by atoms with Crippen LogP contribution in [0.5, 0.6) is 0 Å². The predicted octanol–water partition coefficient (Wildman–Crippen LogP) is 4.54. The van der Waals surface area contributed by atoms with Crippen molar-refractivity contribution in [1.82, 2.24) is 24.9 Å². The number of rotatable bonds is 5. The van der Waals surface area contributed by atoms with Crippen LogP contribution in [0.4, 0.5) is 18.0 Å². The number of benzene rings is 1. The molecule has 0 spiro atoms. The van der Waals surface area contributed by atoms with Gasteiger partial charge in [0.15, 0.2) is 5.76 Å². The number of hydrogen-bond acceptors (Lipinski definition) is 5. The van der Waals surface area contributed by atoms with Crippen molar-refractivity contribution >= 4 is 6.03 Å². The van der Waals surface area contributed by atoms with Crippen LogP contribution in [0.3, 0.4) is 0 Å². The lowest BCUT2D eigenvalue weighted by molar-refractivity contribution is -0.137. The number of furan rings is 1. The summed E-state index contributed by atoms with van der Waals surface area (Å²) >= 11 is 0. The summed E-state index contributed by atoms with van der Waals surface area (Å²) in [7, 11) is 0. The van der Waals surface area contributed by atoms with Crippen LogP contribution < -0.4 is 5.32 Å². The van der Waals surface area contributed by atoms with Gasteiger partial charge in [-0.2, -0.15) is 33.3 Å². The minimum absolute atomic E-state index is 0.235. The van der Waals surface area contributed by atoms with E-state index < -0.39 is 23.3 Å². The molecule has 1 unspecified atom stereocenters. The average molecular weight is 454 g/mol. The number of amides is 1. The zero-order chi connectivity index (χ0) is 23.6. The molecule has 1 amide bonds. The van der Waals surface area contributed by atoms with E-state index in [0.29, 0.717) is 17.1 Å². The summed E-state index contributed by atoms with van der Waals surface area (Å²) in [5.41, 5.74) is -0.390. The first-order valence-corrected chi connectivity index (χ1v) is 9.80. The second-order valence-electron chi connectivity index (χ2n) is 7.27. The first-order valence-electron chi connectivity index (χ1n) is 9.80. The molecule has 0 aliphatic heterocycles. The fraction of sp³-hybridized carbons (Fsp3) is 0.182. The van der Waals surface area contributed by atoms with Crippen molar-refractivity contribution in [3.63, 3.8) is 0 Å². The van der Waals surface area contributed by atoms with E-state index in [2.05, 4.69) is 15.5 Å². The Morgan fingerprint density at radius 1 is 1.18 bits per heavy atom. The Bertz CT molecular complexity index is 1310. The van der Waals surface area contributed by atoms with Crippen molar-refractivity contribution in [3.05, 3.63) is 72.2 Å². The molecular weight excluding hydrogens is 437 g/mol. The lowest BCUT2D eigenvalue weighted by atomic mass is 10.0. The molecule has 33 heavy (non-hydrogen) atoms. The molecule has 0 saturated heterocycles. The smallest absolute Gasteiger partial charge is 0.417 e. The number of nitriles is 1. The third-order valence-corrected chi connectivity index (χ3v) is 4.78. The molecule has 11 heteroatoms. The first-order chi connectivity index (χ1) is 15.7. The second kappa shape index (κ2) is 8.66. The molecule has 1 atom stereocenters. The lowest BCUT2D eigenvalue weighted by Gasteiger charge is -2.13. The highest BCUT2D eigenvalue weighted by molar-refractivity contribution is 5.76. The molecule has 0 saturated carbocycles. The summed E-state index contributed by atoms with van der Waals surface area (Å²) in [6.07, 6.45) is -0.0240. The van der Waals surface area contributed by atoms with E-state index in [-0.39, 0.29) is 18.2 Å². The average Bonchev–Trinajstić information content (AvgIpc) is 3.53. The largest absolute Gasteiger partial charge is 0.463 e. The van der Waals surface area contributed by atoms with Gasteiger partial charge in [-0.25, -0.2) is 4.79 Å². The molecule has 4 aromatic rings. The molecule has 3 aromatic heterocycles. The van der Waals surface area contributed by atoms with E-state index in [1.54, 1.807) is 43.5 Å². The number of nitrogens with zero attached hydrogens (tertiary/aromatic N) is 5. The maximum atomic E-state index is 13.2. The van der Waals surface area contributed by atoms with Gasteiger partial charge in [-0.3, -0.25) is 4.68 Å². The van der Waals surface area contributed by atoms with Gasteiger partial charge in [0.1, 0.15) is 5.69 Å². The van der Waals surface area contributed by atoms with Crippen molar-refractivity contribution in [1.29, 1.82) is 5.26 Å². The zero-order valence-electron chi connectivity index (χ0n) is 17.2. The van der Waals surface area contributed by atoms with E-state index in [4.69, 9.17) is 9.68 Å². The van der Waals surface area contributed by atoms with Crippen LogP contribution in [0.2, 0.25) is 0 Å². The van der Waals surface area contributed by atoms with Crippen molar-refractivity contribution < 1.29 is 22.4 Å². The number of hydrogen-bond donors (Lipinski definition) is 1. The van der Waals surface area contributed by atoms with Gasteiger partial charge in [0.25, 0.3) is 0 Å². The van der Waals surface area contributed by atoms with E-state index in [1.807, 2.05) is 0 Å². The van der Waals surface area contributed by atoms with Gasteiger partial charge in [0.2, 0.25) is 0 Å². The molecule has 0 bridgehead atoms. The summed E-state index contributed by atoms with van der Waals surface area (Å²) in [6.45, 7) is 2.04. The van der Waals surface area contributed by atoms with E-state index >= 15 is 0 Å². The van der Waals surface area contributed by atoms with Crippen molar-refractivity contribution in [3.8, 4) is 28.8 Å². The van der Waals surface area contributed by atoms with Crippen molar-refractivity contribution in [2.45, 2.75) is 25.7 Å². The van der Waals surface area contributed by atoms with Crippen molar-refractivity contribution in [2.75, 3.05) is 0 Å². The Kier molecular flexibility index (Phi) is 5.74. The number of aromatic nitrogens is 4. The summed E-state index contributed by atoms with van der Waals surface area (Å²) in [5, 5.41) is 20.2. The van der Waals surface area contributed by atoms with E-state index in [0.717, 1.165) is 16.8 Å². The summed E-state index contributed by atoms with van der Waals surface area (Å²) in [4.78, 5) is 12.4. The van der Waals surface area contributed by atoms with E-state index in [9.17, 15) is 18.0 Å². The Morgan fingerprint density at radius 2 is 1.97 bits per heavy atom. The van der Waals surface area contributed by atoms with Gasteiger partial charge < -0.3 is 9.73 Å². The van der Waals surface area contributed by atoms with Crippen LogP contribution in [-0.2, 0) is 12.7 Å². The van der Waals surface area contributed by atoms with Crippen LogP contribution in [-0.4, -0.2) is 31.6 Å². The standard InChI is InChI=1S/C22H17F3N6O2/c1-14(27-21(32)31-9-7-19(29-31)20-3-2-10-33-20)13-30-8-6-18(28-30)15-4-5-16(12-26)17(11-15)22(23,24)25/h2-11,14H,13H2,1H3,(H,27,32). The molecule has 0 aliphatic rings. The molecule has 3 heterocycles. The lowest BCUT2D eigenvalue weighted by Crippen LogP contribution is -2.38. The molecular formula is C22H17F3N6O2. The zero-order valence-corrected chi connectivity index (χ0v) is 17.2. The fourth-order valence-corrected chi connectivity index (χ4v) is 3.25. The van der Waals surface area contributed by atoms with E-state index in [1.165, 1.54) is 23.2 Å². The van der Waals surface area contributed by atoms with Gasteiger partial charge in [0, 0.05) is 24.0 Å². The molecule has 4 rings (SSSR count). The van der Waals surface area contributed by atoms with Gasteiger partial charge in [-0.05, 0) is 43.3 Å². The minimum atomic E-state index is -4.65. The minimum Gasteiger partial charge on any atom is -0.463 e. The maximum Gasteiger partial charge on any atom is 0.417 e. The monoisotopic (exact) mass is 454 g/mol. The third-order valence-electron chi connectivity index (χ3n) is 4.78. The normalized spacial score (nSPS) is 12.3. The Hall–Kier alpha value is -4.33.